The number of carbonyl (C=O) groups is 1. The number of carbonyl (C=O) groups excluding carboxylic acids is 1. The molecule has 0 aliphatic heterocycles. The average molecular weight is 316 g/mol. The summed E-state index contributed by atoms with van der Waals surface area (Å²) in [7, 11) is 0. The van der Waals surface area contributed by atoms with Crippen LogP contribution in [0.25, 0.3) is 0 Å². The second-order valence-corrected chi connectivity index (χ2v) is 6.16. The van der Waals surface area contributed by atoms with E-state index in [2.05, 4.69) is 5.32 Å². The monoisotopic (exact) mass is 315 g/mol. The molecule has 3 nitrogen and oxygen atoms in total. The van der Waals surface area contributed by atoms with Crippen molar-refractivity contribution in [1.29, 1.82) is 0 Å². The molecule has 4 heteroatoms. The van der Waals surface area contributed by atoms with Crippen molar-refractivity contribution < 1.29 is 9.90 Å². The van der Waals surface area contributed by atoms with Gasteiger partial charge in [-0.2, -0.15) is 0 Å². The van der Waals surface area contributed by atoms with Gasteiger partial charge in [0, 0.05) is 11.6 Å². The van der Waals surface area contributed by atoms with Crippen LogP contribution in [0, 0.1) is 0 Å². The van der Waals surface area contributed by atoms with Gasteiger partial charge >= 0.3 is 0 Å². The van der Waals surface area contributed by atoms with Crippen LogP contribution < -0.4 is 5.32 Å². The number of phenolic OH excluding ortho intramolecular Hbond substituents is 1. The standard InChI is InChI=1S/C18H18ClNO2/c19-15-7-5-14(6-8-15)18(10-11-18)17(22)20-12-9-13-3-1-2-4-16(13)21/h1-8,21H,9-12H2,(H,20,22). The van der Waals surface area contributed by atoms with Gasteiger partial charge in [-0.25, -0.2) is 0 Å². The van der Waals surface area contributed by atoms with Crippen molar-refractivity contribution in [1.82, 2.24) is 5.32 Å². The molecule has 22 heavy (non-hydrogen) atoms. The van der Waals surface area contributed by atoms with Gasteiger partial charge in [-0.1, -0.05) is 41.9 Å². The minimum absolute atomic E-state index is 0.0604. The third-order valence-corrected chi connectivity index (χ3v) is 4.50. The van der Waals surface area contributed by atoms with Crippen LogP contribution in [0.15, 0.2) is 48.5 Å². The van der Waals surface area contributed by atoms with Crippen LogP contribution in [-0.4, -0.2) is 17.6 Å². The van der Waals surface area contributed by atoms with E-state index < -0.39 is 0 Å². The van der Waals surface area contributed by atoms with Crippen LogP contribution in [0.1, 0.15) is 24.0 Å². The second-order valence-electron chi connectivity index (χ2n) is 5.72. The summed E-state index contributed by atoms with van der Waals surface area (Å²) < 4.78 is 0. The van der Waals surface area contributed by atoms with E-state index in [-0.39, 0.29) is 17.1 Å². The molecular weight excluding hydrogens is 298 g/mol. The van der Waals surface area contributed by atoms with Gasteiger partial charge < -0.3 is 10.4 Å². The molecule has 0 heterocycles. The molecule has 2 aromatic carbocycles. The number of phenols is 1. The van der Waals surface area contributed by atoms with Crippen LogP contribution in [0.3, 0.4) is 0 Å². The molecule has 1 fully saturated rings. The topological polar surface area (TPSA) is 49.3 Å². The molecule has 1 saturated carbocycles. The summed E-state index contributed by atoms with van der Waals surface area (Å²) in [6.45, 7) is 0.520. The highest BCUT2D eigenvalue weighted by Crippen LogP contribution is 2.48. The molecule has 3 rings (SSSR count). The zero-order valence-electron chi connectivity index (χ0n) is 12.2. The SMILES string of the molecule is O=C(NCCc1ccccc1O)C1(c2ccc(Cl)cc2)CC1. The molecule has 0 spiro atoms. The van der Waals surface area contributed by atoms with Gasteiger partial charge in [0.15, 0.2) is 0 Å². The largest absolute Gasteiger partial charge is 0.508 e. The van der Waals surface area contributed by atoms with Gasteiger partial charge in [0.1, 0.15) is 5.75 Å². The van der Waals surface area contributed by atoms with E-state index in [1.807, 2.05) is 36.4 Å². The molecule has 0 bridgehead atoms. The third-order valence-electron chi connectivity index (χ3n) is 4.25. The van der Waals surface area contributed by atoms with Crippen molar-refractivity contribution in [2.45, 2.75) is 24.7 Å². The summed E-state index contributed by atoms with van der Waals surface area (Å²) in [6, 6.07) is 14.7. The predicted octanol–water partition coefficient (Wildman–Crippen LogP) is 3.44. The summed E-state index contributed by atoms with van der Waals surface area (Å²) >= 11 is 5.90. The molecule has 114 valence electrons. The van der Waals surface area contributed by atoms with E-state index in [9.17, 15) is 9.90 Å². The van der Waals surface area contributed by atoms with E-state index in [1.165, 1.54) is 0 Å². The highest BCUT2D eigenvalue weighted by Gasteiger charge is 2.50. The smallest absolute Gasteiger partial charge is 0.230 e. The zero-order valence-corrected chi connectivity index (χ0v) is 12.9. The number of nitrogens with one attached hydrogen (secondary N) is 1. The lowest BCUT2D eigenvalue weighted by molar-refractivity contribution is -0.123. The lowest BCUT2D eigenvalue weighted by Crippen LogP contribution is -2.35. The fourth-order valence-electron chi connectivity index (χ4n) is 2.74. The molecule has 2 N–H and O–H groups in total. The molecule has 0 unspecified atom stereocenters. The minimum Gasteiger partial charge on any atom is -0.508 e. The normalized spacial score (nSPS) is 15.3. The lowest BCUT2D eigenvalue weighted by Gasteiger charge is -2.16. The third kappa shape index (κ3) is 2.95. The quantitative estimate of drug-likeness (QED) is 0.888. The van der Waals surface area contributed by atoms with Crippen molar-refractivity contribution in [2.75, 3.05) is 6.54 Å². The van der Waals surface area contributed by atoms with E-state index >= 15 is 0 Å². The van der Waals surface area contributed by atoms with Gasteiger partial charge in [-0.15, -0.1) is 0 Å². The number of aromatic hydroxyl groups is 1. The van der Waals surface area contributed by atoms with E-state index in [0.29, 0.717) is 18.0 Å². The second kappa shape index (κ2) is 6.01. The van der Waals surface area contributed by atoms with E-state index in [1.54, 1.807) is 12.1 Å². The number of hydrogen-bond acceptors (Lipinski definition) is 2. The molecule has 0 atom stereocenters. The van der Waals surface area contributed by atoms with Crippen LogP contribution in [0.4, 0.5) is 0 Å². The molecule has 0 aromatic heterocycles. The maximum atomic E-state index is 12.5. The first-order chi connectivity index (χ1) is 10.6. The fraction of sp³-hybridized carbons (Fsp3) is 0.278. The Hall–Kier alpha value is -2.00. The van der Waals surface area contributed by atoms with E-state index in [0.717, 1.165) is 24.0 Å². The Kier molecular flexibility index (Phi) is 4.08. The Morgan fingerprint density at radius 3 is 2.45 bits per heavy atom. The Morgan fingerprint density at radius 1 is 1.14 bits per heavy atom. The summed E-state index contributed by atoms with van der Waals surface area (Å²) in [5.41, 5.74) is 1.49. The van der Waals surface area contributed by atoms with Crippen molar-refractivity contribution in [3.8, 4) is 5.75 Å². The first-order valence-electron chi connectivity index (χ1n) is 7.43. The van der Waals surface area contributed by atoms with Crippen molar-refractivity contribution in [3.63, 3.8) is 0 Å². The van der Waals surface area contributed by atoms with Crippen LogP contribution in [0.5, 0.6) is 5.75 Å². The average Bonchev–Trinajstić information content (AvgIpc) is 3.31. The Bertz CT molecular complexity index is 678. The number of halogens is 1. The number of para-hydroxylation sites is 1. The molecule has 0 saturated heterocycles. The number of hydrogen-bond donors (Lipinski definition) is 2. The zero-order chi connectivity index (χ0) is 15.6. The van der Waals surface area contributed by atoms with Crippen LogP contribution >= 0.6 is 11.6 Å². The number of rotatable bonds is 5. The summed E-state index contributed by atoms with van der Waals surface area (Å²) in [4.78, 5) is 12.5. The molecule has 1 amide bonds. The van der Waals surface area contributed by atoms with Crippen LogP contribution in [-0.2, 0) is 16.6 Å². The molecule has 1 aliphatic carbocycles. The van der Waals surface area contributed by atoms with Gasteiger partial charge in [-0.05, 0) is 48.6 Å². The van der Waals surface area contributed by atoms with Gasteiger partial charge in [-0.3, -0.25) is 4.79 Å². The van der Waals surface area contributed by atoms with Crippen molar-refractivity contribution >= 4 is 17.5 Å². The van der Waals surface area contributed by atoms with Gasteiger partial charge in [0.25, 0.3) is 0 Å². The first kappa shape index (κ1) is 14.9. The maximum Gasteiger partial charge on any atom is 0.230 e. The predicted molar refractivity (Wildman–Crippen MR) is 87.2 cm³/mol. The molecule has 0 radical (unpaired) electrons. The summed E-state index contributed by atoms with van der Waals surface area (Å²) in [5, 5.41) is 13.4. The first-order valence-corrected chi connectivity index (χ1v) is 7.81. The van der Waals surface area contributed by atoms with Gasteiger partial charge in [0.2, 0.25) is 5.91 Å². The molecule has 2 aromatic rings. The minimum atomic E-state index is -0.386. The summed E-state index contributed by atoms with van der Waals surface area (Å²) in [6.07, 6.45) is 2.36. The lowest BCUT2D eigenvalue weighted by atomic mass is 9.95. The van der Waals surface area contributed by atoms with E-state index in [4.69, 9.17) is 11.6 Å². The van der Waals surface area contributed by atoms with Crippen LogP contribution in [0.2, 0.25) is 5.02 Å². The Morgan fingerprint density at radius 2 is 1.82 bits per heavy atom. The fourth-order valence-corrected chi connectivity index (χ4v) is 2.87. The van der Waals surface area contributed by atoms with Crippen molar-refractivity contribution in [3.05, 3.63) is 64.7 Å². The Labute approximate surface area is 134 Å². The molecular formula is C18H18ClNO2. The highest BCUT2D eigenvalue weighted by atomic mass is 35.5. The number of amides is 1. The van der Waals surface area contributed by atoms with Gasteiger partial charge in [0.05, 0.1) is 5.41 Å². The van der Waals surface area contributed by atoms with Crippen molar-refractivity contribution in [2.24, 2.45) is 0 Å². The summed E-state index contributed by atoms with van der Waals surface area (Å²) in [5.74, 6) is 0.334. The highest BCUT2D eigenvalue weighted by molar-refractivity contribution is 6.30. The maximum absolute atomic E-state index is 12.5. The number of benzene rings is 2. The Balaban J connectivity index is 1.60. The molecule has 1 aliphatic rings.